The topological polar surface area (TPSA) is 124 Å². The van der Waals surface area contributed by atoms with Gasteiger partial charge in [-0.2, -0.15) is 10.0 Å². The number of rotatable bonds is 3. The van der Waals surface area contributed by atoms with Crippen LogP contribution in [-0.2, 0) is 6.54 Å². The summed E-state index contributed by atoms with van der Waals surface area (Å²) >= 11 is 11.3. The van der Waals surface area contributed by atoms with Crippen LogP contribution < -0.4 is 0 Å². The fourth-order valence-corrected chi connectivity index (χ4v) is 2.02. The van der Waals surface area contributed by atoms with Crippen LogP contribution in [-0.4, -0.2) is 50.8 Å². The van der Waals surface area contributed by atoms with Crippen molar-refractivity contribution in [2.45, 2.75) is 13.5 Å². The summed E-state index contributed by atoms with van der Waals surface area (Å²) in [5.41, 5.74) is 1.60. The van der Waals surface area contributed by atoms with E-state index < -0.39 is 0 Å². The van der Waals surface area contributed by atoms with E-state index in [4.69, 9.17) is 23.2 Å². The number of hydrogen-bond acceptors (Lipinski definition) is 8. The van der Waals surface area contributed by atoms with Gasteiger partial charge in [0.1, 0.15) is 10.3 Å². The lowest BCUT2D eigenvalue weighted by Gasteiger charge is -1.92. The van der Waals surface area contributed by atoms with Crippen molar-refractivity contribution in [2.75, 3.05) is 0 Å². The average molecular weight is 391 g/mol. The van der Waals surface area contributed by atoms with Crippen LogP contribution in [0, 0.1) is 0 Å². The van der Waals surface area contributed by atoms with Gasteiger partial charge in [-0.1, -0.05) is 23.2 Å². The highest BCUT2D eigenvalue weighted by molar-refractivity contribution is 6.29. The molecule has 0 radical (unpaired) electrons. The molecule has 12 heteroatoms. The molecule has 0 aliphatic heterocycles. The minimum absolute atomic E-state index is 0.447. The summed E-state index contributed by atoms with van der Waals surface area (Å²) in [6.07, 6.45) is 3.21. The molecule has 0 unspecified atom stereocenters. The Kier molecular flexibility index (Phi) is 5.77. The van der Waals surface area contributed by atoms with Gasteiger partial charge in [-0.25, -0.2) is 9.97 Å². The molecule has 0 bridgehead atoms. The summed E-state index contributed by atoms with van der Waals surface area (Å²) in [5.74, 6) is 1.08. The van der Waals surface area contributed by atoms with Gasteiger partial charge < -0.3 is 0 Å². The first-order valence-corrected chi connectivity index (χ1v) is 8.16. The number of nitrogens with one attached hydrogen (secondary N) is 1. The molecule has 26 heavy (non-hydrogen) atoms. The zero-order valence-electron chi connectivity index (χ0n) is 13.5. The minimum Gasteiger partial charge on any atom is -0.244 e. The van der Waals surface area contributed by atoms with E-state index in [-0.39, 0.29) is 0 Å². The summed E-state index contributed by atoms with van der Waals surface area (Å²) in [6.45, 7) is 2.65. The van der Waals surface area contributed by atoms with Crippen LogP contribution in [0.3, 0.4) is 0 Å². The number of aromatic amines is 1. The second-order valence-electron chi connectivity index (χ2n) is 4.78. The highest BCUT2D eigenvalue weighted by atomic mass is 35.5. The molecule has 0 amide bonds. The van der Waals surface area contributed by atoms with E-state index >= 15 is 0 Å². The predicted molar refractivity (Wildman–Crippen MR) is 94.2 cm³/mol. The summed E-state index contributed by atoms with van der Waals surface area (Å²) in [4.78, 5) is 9.34. The zero-order valence-corrected chi connectivity index (χ0v) is 15.0. The van der Waals surface area contributed by atoms with Crippen LogP contribution in [0.1, 0.15) is 6.92 Å². The lowest BCUT2D eigenvalue weighted by atomic mass is 10.3. The number of aryl methyl sites for hydroxylation is 1. The Balaban J connectivity index is 0.000000152. The molecule has 0 fully saturated rings. The highest BCUT2D eigenvalue weighted by Gasteiger charge is 2.04. The standard InChI is InChI=1S/C8H8ClN5.C6H4ClN5/c1-2-14-12-8(11-13-14)6-3-4-7(9)10-5-6;7-5-2-1-4(3-8-5)6-9-11-12-10-6/h3-5H,2H2,1H3;1-3H,(H,9,10,11,12). The first-order valence-electron chi connectivity index (χ1n) is 7.41. The molecule has 0 spiro atoms. The van der Waals surface area contributed by atoms with Crippen LogP contribution in [0.5, 0.6) is 0 Å². The van der Waals surface area contributed by atoms with Crippen LogP contribution in [0.15, 0.2) is 36.7 Å². The van der Waals surface area contributed by atoms with Crippen LogP contribution in [0.25, 0.3) is 22.8 Å². The van der Waals surface area contributed by atoms with Crippen molar-refractivity contribution < 1.29 is 0 Å². The van der Waals surface area contributed by atoms with E-state index in [9.17, 15) is 0 Å². The van der Waals surface area contributed by atoms with Gasteiger partial charge in [-0.15, -0.1) is 20.4 Å². The molecule has 4 rings (SSSR count). The number of nitrogens with zero attached hydrogens (tertiary/aromatic N) is 9. The quantitative estimate of drug-likeness (QED) is 0.528. The third-order valence-electron chi connectivity index (χ3n) is 3.05. The molecule has 132 valence electrons. The molecule has 0 aliphatic rings. The van der Waals surface area contributed by atoms with Crippen molar-refractivity contribution in [2.24, 2.45) is 0 Å². The maximum atomic E-state index is 5.66. The van der Waals surface area contributed by atoms with Gasteiger partial charge in [0.15, 0.2) is 0 Å². The molecule has 0 aromatic carbocycles. The summed E-state index contributed by atoms with van der Waals surface area (Å²) in [6, 6.07) is 6.96. The normalized spacial score (nSPS) is 10.3. The van der Waals surface area contributed by atoms with Crippen molar-refractivity contribution in [3.63, 3.8) is 0 Å². The summed E-state index contributed by atoms with van der Waals surface area (Å²) in [7, 11) is 0. The van der Waals surface area contributed by atoms with Crippen molar-refractivity contribution >= 4 is 23.2 Å². The first-order chi connectivity index (χ1) is 12.7. The monoisotopic (exact) mass is 390 g/mol. The Hall–Kier alpha value is -2.98. The summed E-state index contributed by atoms with van der Waals surface area (Å²) in [5, 5.41) is 26.1. The minimum atomic E-state index is 0.447. The smallest absolute Gasteiger partial charge is 0.206 e. The Bertz CT molecular complexity index is 935. The molecular weight excluding hydrogens is 379 g/mol. The van der Waals surface area contributed by atoms with E-state index in [2.05, 4.69) is 46.0 Å². The molecule has 4 heterocycles. The maximum absolute atomic E-state index is 5.66. The van der Waals surface area contributed by atoms with E-state index in [1.54, 1.807) is 30.6 Å². The first kappa shape index (κ1) is 17.8. The SMILES string of the molecule is CCn1nnc(-c2ccc(Cl)nc2)n1.Clc1ccc(-c2nn[nH]n2)cn1. The Morgan fingerprint density at radius 3 is 2.04 bits per heavy atom. The van der Waals surface area contributed by atoms with Gasteiger partial charge in [0.25, 0.3) is 0 Å². The lowest BCUT2D eigenvalue weighted by Crippen LogP contribution is -1.98. The van der Waals surface area contributed by atoms with Crippen molar-refractivity contribution in [1.82, 2.24) is 50.8 Å². The van der Waals surface area contributed by atoms with Crippen LogP contribution in [0.4, 0.5) is 0 Å². The second kappa shape index (κ2) is 8.41. The molecule has 0 atom stereocenters. The highest BCUT2D eigenvalue weighted by Crippen LogP contribution is 2.14. The van der Waals surface area contributed by atoms with Crippen molar-refractivity contribution in [1.29, 1.82) is 0 Å². The van der Waals surface area contributed by atoms with Gasteiger partial charge >= 0.3 is 0 Å². The molecule has 10 nitrogen and oxygen atoms in total. The van der Waals surface area contributed by atoms with Gasteiger partial charge in [-0.3, -0.25) is 0 Å². The number of halogens is 2. The second-order valence-corrected chi connectivity index (χ2v) is 5.55. The predicted octanol–water partition coefficient (Wildman–Crippen LogP) is 2.32. The number of pyridine rings is 2. The van der Waals surface area contributed by atoms with E-state index in [1.807, 2.05) is 13.0 Å². The Labute approximate surface area is 157 Å². The van der Waals surface area contributed by atoms with Gasteiger partial charge in [-0.05, 0) is 41.6 Å². The largest absolute Gasteiger partial charge is 0.244 e. The van der Waals surface area contributed by atoms with E-state index in [1.165, 1.54) is 4.80 Å². The van der Waals surface area contributed by atoms with Gasteiger partial charge in [0.05, 0.1) is 6.54 Å². The third kappa shape index (κ3) is 4.55. The van der Waals surface area contributed by atoms with Crippen LogP contribution in [0.2, 0.25) is 10.3 Å². The molecule has 1 N–H and O–H groups in total. The number of hydrogen-bond donors (Lipinski definition) is 1. The third-order valence-corrected chi connectivity index (χ3v) is 3.50. The fourth-order valence-electron chi connectivity index (χ4n) is 1.79. The fraction of sp³-hybridized carbons (Fsp3) is 0.143. The number of aromatic nitrogens is 10. The molecule has 0 saturated heterocycles. The van der Waals surface area contributed by atoms with Gasteiger partial charge in [0.2, 0.25) is 11.6 Å². The van der Waals surface area contributed by atoms with Crippen molar-refractivity contribution in [3.8, 4) is 22.8 Å². The lowest BCUT2D eigenvalue weighted by molar-refractivity contribution is 0.553. The summed E-state index contributed by atoms with van der Waals surface area (Å²) < 4.78 is 0. The molecule has 0 saturated carbocycles. The molecule has 4 aromatic rings. The van der Waals surface area contributed by atoms with Crippen LogP contribution >= 0.6 is 23.2 Å². The Morgan fingerprint density at radius 2 is 1.58 bits per heavy atom. The number of H-pyrrole nitrogens is 1. The zero-order chi connectivity index (χ0) is 18.4. The molecule has 4 aromatic heterocycles. The van der Waals surface area contributed by atoms with Crippen molar-refractivity contribution in [3.05, 3.63) is 47.0 Å². The van der Waals surface area contributed by atoms with Gasteiger partial charge in [0, 0.05) is 23.5 Å². The molecular formula is C14H12Cl2N10. The number of tetrazole rings is 2. The average Bonchev–Trinajstić information content (AvgIpc) is 3.35. The van der Waals surface area contributed by atoms with E-state index in [0.29, 0.717) is 28.5 Å². The Morgan fingerprint density at radius 1 is 0.923 bits per heavy atom. The molecule has 0 aliphatic carbocycles. The van der Waals surface area contributed by atoms with E-state index in [0.717, 1.165) is 11.1 Å². The maximum Gasteiger partial charge on any atom is 0.206 e.